The van der Waals surface area contributed by atoms with Crippen LogP contribution in [0.1, 0.15) is 39.4 Å². The van der Waals surface area contributed by atoms with Gasteiger partial charge in [-0.1, -0.05) is 6.07 Å². The molecule has 1 unspecified atom stereocenters. The lowest BCUT2D eigenvalue weighted by Crippen LogP contribution is -2.20. The zero-order valence-corrected chi connectivity index (χ0v) is 16.9. The first kappa shape index (κ1) is 21.7. The summed E-state index contributed by atoms with van der Waals surface area (Å²) >= 11 is 0. The summed E-state index contributed by atoms with van der Waals surface area (Å²) in [6.45, 7) is 1.26. The number of hydrogen-bond acceptors (Lipinski definition) is 6. The number of aliphatic hydroxyl groups excluding tert-OH is 1. The number of nitrogens with one attached hydrogen (secondary N) is 1. The van der Waals surface area contributed by atoms with Gasteiger partial charge in [-0.05, 0) is 35.7 Å². The molecule has 0 aliphatic carbocycles. The molecule has 0 spiro atoms. The molecule has 0 radical (unpaired) electrons. The number of pyridine rings is 1. The number of alkyl halides is 3. The second-order valence-electron chi connectivity index (χ2n) is 7.51. The highest BCUT2D eigenvalue weighted by atomic mass is 19.4. The Hall–Kier alpha value is -3.53. The summed E-state index contributed by atoms with van der Waals surface area (Å²) in [5.74, 6) is -0.483. The molecule has 1 aliphatic rings. The van der Waals surface area contributed by atoms with Crippen LogP contribution in [0.3, 0.4) is 0 Å². The second-order valence-corrected chi connectivity index (χ2v) is 7.51. The van der Waals surface area contributed by atoms with Gasteiger partial charge in [0.05, 0.1) is 42.1 Å². The van der Waals surface area contributed by atoms with Crippen molar-refractivity contribution in [1.29, 1.82) is 0 Å². The molecule has 0 saturated carbocycles. The standard InChI is InChI=1S/C22H20F3N5O2/c23-22(24,25)17-6-18(8-26-7-17)29-21(32)14-1-2-16(12-31)20(5-14)15-3-4-30(11-15)19-9-27-13-28-10-19/h1-2,5-10,13,15,31H,3-4,11-12H2,(H,29,32). The molecule has 1 saturated heterocycles. The number of carbonyl (C=O) groups excluding carboxylic acids is 1. The van der Waals surface area contributed by atoms with Crippen LogP contribution in [0, 0.1) is 0 Å². The monoisotopic (exact) mass is 443 g/mol. The lowest BCUT2D eigenvalue weighted by Gasteiger charge is -2.19. The van der Waals surface area contributed by atoms with Gasteiger partial charge >= 0.3 is 6.18 Å². The largest absolute Gasteiger partial charge is 0.417 e. The van der Waals surface area contributed by atoms with E-state index < -0.39 is 17.6 Å². The minimum absolute atomic E-state index is 0.0475. The molecule has 7 nitrogen and oxygen atoms in total. The zero-order valence-electron chi connectivity index (χ0n) is 16.9. The Morgan fingerprint density at radius 1 is 1.12 bits per heavy atom. The van der Waals surface area contributed by atoms with Crippen molar-refractivity contribution in [2.45, 2.75) is 25.1 Å². The maximum Gasteiger partial charge on any atom is 0.417 e. The molecule has 32 heavy (non-hydrogen) atoms. The van der Waals surface area contributed by atoms with Crippen LogP contribution in [0.4, 0.5) is 24.5 Å². The first-order chi connectivity index (χ1) is 15.3. The van der Waals surface area contributed by atoms with E-state index in [0.717, 1.165) is 36.5 Å². The predicted octanol–water partition coefficient (Wildman–Crippen LogP) is 3.63. The van der Waals surface area contributed by atoms with Crippen molar-refractivity contribution in [3.05, 3.63) is 77.6 Å². The molecular formula is C22H20F3N5O2. The Balaban J connectivity index is 1.54. The fourth-order valence-corrected chi connectivity index (χ4v) is 3.83. The van der Waals surface area contributed by atoms with Gasteiger partial charge in [-0.3, -0.25) is 9.78 Å². The van der Waals surface area contributed by atoms with E-state index in [2.05, 4.69) is 25.2 Å². The molecule has 1 fully saturated rings. The fraction of sp³-hybridized carbons (Fsp3) is 0.273. The van der Waals surface area contributed by atoms with E-state index in [0.29, 0.717) is 18.3 Å². The van der Waals surface area contributed by atoms with Crippen LogP contribution >= 0.6 is 0 Å². The number of hydrogen-bond donors (Lipinski definition) is 2. The number of nitrogens with zero attached hydrogens (tertiary/aromatic N) is 4. The molecule has 3 heterocycles. The summed E-state index contributed by atoms with van der Waals surface area (Å²) in [6, 6.07) is 5.74. The molecule has 3 aromatic rings. The Bertz CT molecular complexity index is 1110. The first-order valence-corrected chi connectivity index (χ1v) is 9.92. The number of carbonyl (C=O) groups is 1. The van der Waals surface area contributed by atoms with E-state index >= 15 is 0 Å². The van der Waals surface area contributed by atoms with Gasteiger partial charge in [0.25, 0.3) is 5.91 Å². The van der Waals surface area contributed by atoms with Gasteiger partial charge in [-0.2, -0.15) is 13.2 Å². The minimum atomic E-state index is -4.55. The van der Waals surface area contributed by atoms with Crippen molar-refractivity contribution in [3.8, 4) is 0 Å². The Kier molecular flexibility index (Phi) is 6.04. The number of rotatable bonds is 5. The van der Waals surface area contributed by atoms with E-state index in [1.54, 1.807) is 30.6 Å². The van der Waals surface area contributed by atoms with Crippen LogP contribution in [0.15, 0.2) is 55.4 Å². The quantitative estimate of drug-likeness (QED) is 0.626. The van der Waals surface area contributed by atoms with Gasteiger partial charge in [-0.15, -0.1) is 0 Å². The van der Waals surface area contributed by atoms with Gasteiger partial charge in [0.1, 0.15) is 6.33 Å². The summed E-state index contributed by atoms with van der Waals surface area (Å²) in [5.41, 5.74) is 1.74. The van der Waals surface area contributed by atoms with Crippen molar-refractivity contribution in [3.63, 3.8) is 0 Å². The summed E-state index contributed by atoms with van der Waals surface area (Å²) in [6.07, 6.45) is 3.04. The third-order valence-corrected chi connectivity index (χ3v) is 5.44. The second kappa shape index (κ2) is 8.91. The topological polar surface area (TPSA) is 91.2 Å². The SMILES string of the molecule is O=C(Nc1cncc(C(F)(F)F)c1)c1ccc(CO)c(C2CCN(c3cncnc3)C2)c1. The van der Waals surface area contributed by atoms with Crippen LogP contribution in [-0.4, -0.2) is 39.1 Å². The summed E-state index contributed by atoms with van der Waals surface area (Å²) in [7, 11) is 0. The van der Waals surface area contributed by atoms with E-state index in [4.69, 9.17) is 0 Å². The summed E-state index contributed by atoms with van der Waals surface area (Å²) in [4.78, 5) is 26.5. The van der Waals surface area contributed by atoms with Gasteiger partial charge in [-0.25, -0.2) is 9.97 Å². The molecule has 1 aromatic carbocycles. The molecule has 10 heteroatoms. The zero-order chi connectivity index (χ0) is 22.7. The molecule has 0 bridgehead atoms. The van der Waals surface area contributed by atoms with Crippen molar-refractivity contribution in [2.75, 3.05) is 23.3 Å². The van der Waals surface area contributed by atoms with Gasteiger partial charge in [0.15, 0.2) is 0 Å². The summed E-state index contributed by atoms with van der Waals surface area (Å²) in [5, 5.41) is 12.3. The number of aliphatic hydroxyl groups is 1. The highest BCUT2D eigenvalue weighted by molar-refractivity contribution is 6.04. The Labute approximate surface area is 182 Å². The lowest BCUT2D eigenvalue weighted by atomic mass is 9.91. The molecular weight excluding hydrogens is 423 g/mol. The maximum absolute atomic E-state index is 12.9. The third kappa shape index (κ3) is 4.70. The van der Waals surface area contributed by atoms with Crippen LogP contribution in [0.2, 0.25) is 0 Å². The highest BCUT2D eigenvalue weighted by Gasteiger charge is 2.31. The van der Waals surface area contributed by atoms with Gasteiger partial charge in [0.2, 0.25) is 0 Å². The number of aromatic nitrogens is 3. The van der Waals surface area contributed by atoms with Crippen LogP contribution in [0.25, 0.3) is 0 Å². The average Bonchev–Trinajstić information content (AvgIpc) is 3.29. The van der Waals surface area contributed by atoms with E-state index in [1.807, 2.05) is 0 Å². The molecule has 4 rings (SSSR count). The Morgan fingerprint density at radius 3 is 2.62 bits per heavy atom. The van der Waals surface area contributed by atoms with E-state index in [-0.39, 0.29) is 23.8 Å². The molecule has 2 N–H and O–H groups in total. The smallest absolute Gasteiger partial charge is 0.392 e. The molecule has 166 valence electrons. The number of amides is 1. The van der Waals surface area contributed by atoms with Crippen molar-refractivity contribution in [2.24, 2.45) is 0 Å². The van der Waals surface area contributed by atoms with Crippen LogP contribution in [-0.2, 0) is 12.8 Å². The van der Waals surface area contributed by atoms with Crippen molar-refractivity contribution < 1.29 is 23.1 Å². The maximum atomic E-state index is 12.9. The number of halogens is 3. The molecule has 1 atom stereocenters. The minimum Gasteiger partial charge on any atom is -0.392 e. The van der Waals surface area contributed by atoms with Crippen LogP contribution in [0.5, 0.6) is 0 Å². The first-order valence-electron chi connectivity index (χ1n) is 9.92. The van der Waals surface area contributed by atoms with E-state index in [1.165, 1.54) is 6.33 Å². The summed E-state index contributed by atoms with van der Waals surface area (Å²) < 4.78 is 38.7. The van der Waals surface area contributed by atoms with Crippen molar-refractivity contribution in [1.82, 2.24) is 15.0 Å². The normalized spacial score (nSPS) is 16.2. The number of benzene rings is 1. The average molecular weight is 443 g/mol. The fourth-order valence-electron chi connectivity index (χ4n) is 3.83. The van der Waals surface area contributed by atoms with E-state index in [9.17, 15) is 23.1 Å². The highest BCUT2D eigenvalue weighted by Crippen LogP contribution is 2.33. The molecule has 1 amide bonds. The lowest BCUT2D eigenvalue weighted by molar-refractivity contribution is -0.137. The van der Waals surface area contributed by atoms with Gasteiger partial charge in [0, 0.05) is 30.8 Å². The molecule has 1 aliphatic heterocycles. The predicted molar refractivity (Wildman–Crippen MR) is 111 cm³/mol. The van der Waals surface area contributed by atoms with Gasteiger partial charge < -0.3 is 15.3 Å². The molecule has 2 aromatic heterocycles. The Morgan fingerprint density at radius 2 is 1.91 bits per heavy atom. The van der Waals surface area contributed by atoms with Crippen molar-refractivity contribution >= 4 is 17.3 Å². The van der Waals surface area contributed by atoms with Crippen LogP contribution < -0.4 is 10.2 Å². The number of anilines is 2. The third-order valence-electron chi connectivity index (χ3n) is 5.44.